The number of carbonyl (C=O) groups is 1. The number of sulfonamides is 1. The maximum absolute atomic E-state index is 13.6. The Morgan fingerprint density at radius 1 is 0.949 bits per heavy atom. The SMILES string of the molecule is CC(C)(C)NS(=O)(=O)c1ccccc1C[C@@H](O)C[C@@H](Cc1ccccc1)C(=O)NC1c2ccccc2C[C@H]1O. The molecule has 0 aromatic heterocycles. The highest BCUT2D eigenvalue weighted by molar-refractivity contribution is 7.89. The van der Waals surface area contributed by atoms with Crippen molar-refractivity contribution < 1.29 is 23.4 Å². The molecule has 4 atom stereocenters. The van der Waals surface area contributed by atoms with Crippen molar-refractivity contribution in [2.24, 2.45) is 5.92 Å². The van der Waals surface area contributed by atoms with Gasteiger partial charge in [-0.3, -0.25) is 4.79 Å². The van der Waals surface area contributed by atoms with Gasteiger partial charge in [-0.05, 0) is 68.4 Å². The number of hydrogen-bond donors (Lipinski definition) is 4. The third kappa shape index (κ3) is 7.54. The van der Waals surface area contributed by atoms with Crippen LogP contribution in [0.1, 0.15) is 55.5 Å². The molecule has 0 fully saturated rings. The van der Waals surface area contributed by atoms with Crippen molar-refractivity contribution in [1.29, 1.82) is 0 Å². The van der Waals surface area contributed by atoms with E-state index in [1.807, 2.05) is 54.6 Å². The Morgan fingerprint density at radius 3 is 2.31 bits per heavy atom. The van der Waals surface area contributed by atoms with Crippen LogP contribution in [-0.4, -0.2) is 42.3 Å². The molecule has 3 aromatic carbocycles. The zero-order valence-corrected chi connectivity index (χ0v) is 23.5. The van der Waals surface area contributed by atoms with E-state index in [-0.39, 0.29) is 23.6 Å². The summed E-state index contributed by atoms with van der Waals surface area (Å²) in [6, 6.07) is 23.4. The van der Waals surface area contributed by atoms with E-state index < -0.39 is 39.7 Å². The first-order valence-electron chi connectivity index (χ1n) is 13.3. The second kappa shape index (κ2) is 12.0. The molecule has 0 heterocycles. The molecule has 1 amide bonds. The smallest absolute Gasteiger partial charge is 0.241 e. The number of aliphatic hydroxyl groups is 2. The van der Waals surface area contributed by atoms with Crippen LogP contribution in [0, 0.1) is 5.92 Å². The maximum Gasteiger partial charge on any atom is 0.241 e. The summed E-state index contributed by atoms with van der Waals surface area (Å²) in [6.07, 6.45) is -0.598. The van der Waals surface area contributed by atoms with E-state index in [0.717, 1.165) is 16.7 Å². The third-order valence-electron chi connectivity index (χ3n) is 6.91. The molecule has 208 valence electrons. The first-order chi connectivity index (χ1) is 18.4. The summed E-state index contributed by atoms with van der Waals surface area (Å²) in [7, 11) is -3.81. The summed E-state index contributed by atoms with van der Waals surface area (Å²) < 4.78 is 28.8. The minimum Gasteiger partial charge on any atom is -0.393 e. The molecule has 4 N–H and O–H groups in total. The summed E-state index contributed by atoms with van der Waals surface area (Å²) >= 11 is 0. The van der Waals surface area contributed by atoms with E-state index in [1.54, 1.807) is 39.0 Å². The van der Waals surface area contributed by atoms with E-state index in [1.165, 1.54) is 6.07 Å². The number of benzene rings is 3. The van der Waals surface area contributed by atoms with Crippen LogP contribution in [0.3, 0.4) is 0 Å². The average molecular weight is 551 g/mol. The van der Waals surface area contributed by atoms with Crippen LogP contribution < -0.4 is 10.0 Å². The van der Waals surface area contributed by atoms with E-state index in [2.05, 4.69) is 10.0 Å². The molecule has 0 radical (unpaired) electrons. The van der Waals surface area contributed by atoms with Gasteiger partial charge in [0.2, 0.25) is 15.9 Å². The number of fused-ring (bicyclic) bond motifs is 1. The summed E-state index contributed by atoms with van der Waals surface area (Å²) in [5.74, 6) is -0.840. The van der Waals surface area contributed by atoms with Crippen LogP contribution in [0.25, 0.3) is 0 Å². The molecular formula is C31H38N2O5S. The number of nitrogens with one attached hydrogen (secondary N) is 2. The molecule has 39 heavy (non-hydrogen) atoms. The zero-order chi connectivity index (χ0) is 28.2. The predicted molar refractivity (Wildman–Crippen MR) is 152 cm³/mol. The zero-order valence-electron chi connectivity index (χ0n) is 22.7. The number of rotatable bonds is 10. The van der Waals surface area contributed by atoms with Crippen molar-refractivity contribution in [3.63, 3.8) is 0 Å². The molecule has 3 aromatic rings. The number of carbonyl (C=O) groups excluding carboxylic acids is 1. The lowest BCUT2D eigenvalue weighted by molar-refractivity contribution is -0.127. The number of hydrogen-bond acceptors (Lipinski definition) is 5. The highest BCUT2D eigenvalue weighted by atomic mass is 32.2. The average Bonchev–Trinajstić information content (AvgIpc) is 3.18. The Balaban J connectivity index is 1.53. The van der Waals surface area contributed by atoms with Gasteiger partial charge in [-0.1, -0.05) is 72.8 Å². The summed E-state index contributed by atoms with van der Waals surface area (Å²) in [5, 5.41) is 24.8. The molecule has 8 heteroatoms. The van der Waals surface area contributed by atoms with Gasteiger partial charge in [-0.2, -0.15) is 0 Å². The Kier molecular flexibility index (Phi) is 8.91. The predicted octanol–water partition coefficient (Wildman–Crippen LogP) is 3.69. The highest BCUT2D eigenvalue weighted by Crippen LogP contribution is 2.32. The van der Waals surface area contributed by atoms with E-state index >= 15 is 0 Å². The van der Waals surface area contributed by atoms with Gasteiger partial charge >= 0.3 is 0 Å². The van der Waals surface area contributed by atoms with Gasteiger partial charge in [0.05, 0.1) is 23.1 Å². The lowest BCUT2D eigenvalue weighted by Gasteiger charge is -2.25. The summed E-state index contributed by atoms with van der Waals surface area (Å²) in [5.41, 5.74) is 2.70. The van der Waals surface area contributed by atoms with Crippen LogP contribution in [-0.2, 0) is 34.1 Å². The minimum atomic E-state index is -3.81. The first-order valence-corrected chi connectivity index (χ1v) is 14.8. The van der Waals surface area contributed by atoms with Crippen LogP contribution in [0.4, 0.5) is 0 Å². The molecular weight excluding hydrogens is 512 g/mol. The molecule has 1 aliphatic rings. The molecule has 0 saturated carbocycles. The van der Waals surface area contributed by atoms with Gasteiger partial charge in [0.25, 0.3) is 0 Å². The van der Waals surface area contributed by atoms with Gasteiger partial charge in [-0.25, -0.2) is 13.1 Å². The molecule has 0 aliphatic heterocycles. The van der Waals surface area contributed by atoms with Crippen molar-refractivity contribution in [3.8, 4) is 0 Å². The quantitative estimate of drug-likeness (QED) is 0.307. The van der Waals surface area contributed by atoms with Crippen LogP contribution in [0.2, 0.25) is 0 Å². The summed E-state index contributed by atoms with van der Waals surface area (Å²) in [6.45, 7) is 5.32. The van der Waals surface area contributed by atoms with Crippen molar-refractivity contribution in [3.05, 3.63) is 101 Å². The molecule has 7 nitrogen and oxygen atoms in total. The van der Waals surface area contributed by atoms with Crippen molar-refractivity contribution in [1.82, 2.24) is 10.0 Å². The number of amides is 1. The van der Waals surface area contributed by atoms with Gasteiger partial charge in [0.15, 0.2) is 0 Å². The molecule has 1 unspecified atom stereocenters. The van der Waals surface area contributed by atoms with Gasteiger partial charge in [0, 0.05) is 17.9 Å². The van der Waals surface area contributed by atoms with E-state index in [4.69, 9.17) is 0 Å². The largest absolute Gasteiger partial charge is 0.393 e. The molecule has 0 spiro atoms. The highest BCUT2D eigenvalue weighted by Gasteiger charge is 2.34. The second-order valence-electron chi connectivity index (χ2n) is 11.4. The van der Waals surface area contributed by atoms with Crippen LogP contribution in [0.15, 0.2) is 83.8 Å². The Labute approximate surface area is 231 Å². The molecule has 0 saturated heterocycles. The fourth-order valence-corrected chi connectivity index (χ4v) is 6.93. The fourth-order valence-electron chi connectivity index (χ4n) is 5.26. The Morgan fingerprint density at radius 2 is 1.59 bits per heavy atom. The van der Waals surface area contributed by atoms with Crippen molar-refractivity contribution in [2.45, 2.75) is 75.1 Å². The number of aliphatic hydroxyl groups excluding tert-OH is 2. The van der Waals surface area contributed by atoms with Crippen molar-refractivity contribution >= 4 is 15.9 Å². The second-order valence-corrected chi connectivity index (χ2v) is 13.1. The van der Waals surface area contributed by atoms with Gasteiger partial charge in [0.1, 0.15) is 0 Å². The van der Waals surface area contributed by atoms with Crippen molar-refractivity contribution in [2.75, 3.05) is 0 Å². The topological polar surface area (TPSA) is 116 Å². The normalized spacial score (nSPS) is 18.8. The van der Waals surface area contributed by atoms with Gasteiger partial charge in [-0.15, -0.1) is 0 Å². The standard InChI is InChI=1S/C31H38N2O5S/c1-31(2,3)33-39(37,38)28-16-10-8-14-23(28)18-25(34)19-24(17-21-11-5-4-6-12-21)30(36)32-29-26-15-9-7-13-22(26)20-27(29)35/h4-16,24-25,27,29,33-35H,17-20H2,1-3H3,(H,32,36)/t24-,25-,27-,29?/m1/s1. The Bertz CT molecular complexity index is 1390. The van der Waals surface area contributed by atoms with Gasteiger partial charge < -0.3 is 15.5 Å². The molecule has 1 aliphatic carbocycles. The first kappa shape index (κ1) is 29.0. The fraction of sp³-hybridized carbons (Fsp3) is 0.387. The Hall–Kier alpha value is -3.04. The van der Waals surface area contributed by atoms with E-state index in [0.29, 0.717) is 18.4 Å². The third-order valence-corrected chi connectivity index (χ3v) is 8.77. The molecule has 0 bridgehead atoms. The monoisotopic (exact) mass is 550 g/mol. The summed E-state index contributed by atoms with van der Waals surface area (Å²) in [4.78, 5) is 13.7. The van der Waals surface area contributed by atoms with E-state index in [9.17, 15) is 23.4 Å². The maximum atomic E-state index is 13.6. The van der Waals surface area contributed by atoms with Crippen LogP contribution >= 0.6 is 0 Å². The minimum absolute atomic E-state index is 0.0781. The lowest BCUT2D eigenvalue weighted by atomic mass is 9.90. The molecule has 4 rings (SSSR count). The lowest BCUT2D eigenvalue weighted by Crippen LogP contribution is -2.41. The van der Waals surface area contributed by atoms with Crippen LogP contribution in [0.5, 0.6) is 0 Å².